The smallest absolute Gasteiger partial charge is 0.232 e. The Labute approximate surface area is 139 Å². The average molecular weight is 325 g/mol. The molecule has 1 saturated heterocycles. The quantitative estimate of drug-likeness (QED) is 0.723. The molecule has 1 aliphatic heterocycles. The molecule has 0 unspecified atom stereocenters. The van der Waals surface area contributed by atoms with E-state index in [2.05, 4.69) is 30.0 Å². The molecule has 0 aliphatic carbocycles. The van der Waals surface area contributed by atoms with Gasteiger partial charge in [0, 0.05) is 44.5 Å². The zero-order valence-electron chi connectivity index (χ0n) is 13.8. The summed E-state index contributed by atoms with van der Waals surface area (Å²) in [6.07, 6.45) is 9.04. The number of nitrogens with zero attached hydrogens (tertiary/aromatic N) is 7. The fourth-order valence-corrected chi connectivity index (χ4v) is 3.01. The minimum absolute atomic E-state index is 0.150. The first-order valence-corrected chi connectivity index (χ1v) is 8.07. The van der Waals surface area contributed by atoms with E-state index in [9.17, 15) is 0 Å². The maximum atomic E-state index is 5.96. The molecule has 0 saturated carbocycles. The standard InChI is InChI=1S/C16H19N7O/c1-11-9-17-10-14(19-11)24-13-3-6-22(7-4-13)15-16-21-20-12(2)23(16)8-5-18-15/h5,8-10,13H,3-4,6-7H2,1-2H3. The fraction of sp³-hybridized carbons (Fsp3) is 0.438. The highest BCUT2D eigenvalue weighted by molar-refractivity contribution is 5.63. The van der Waals surface area contributed by atoms with E-state index in [-0.39, 0.29) is 6.10 Å². The predicted octanol–water partition coefficient (Wildman–Crippen LogP) is 1.58. The highest BCUT2D eigenvalue weighted by atomic mass is 16.5. The summed E-state index contributed by atoms with van der Waals surface area (Å²) in [4.78, 5) is 15.2. The van der Waals surface area contributed by atoms with Crippen molar-refractivity contribution in [2.24, 2.45) is 0 Å². The van der Waals surface area contributed by atoms with Crippen molar-refractivity contribution < 1.29 is 4.74 Å². The Morgan fingerprint density at radius 3 is 2.75 bits per heavy atom. The largest absolute Gasteiger partial charge is 0.473 e. The van der Waals surface area contributed by atoms with Crippen LogP contribution in [0.15, 0.2) is 24.8 Å². The van der Waals surface area contributed by atoms with Crippen molar-refractivity contribution in [1.82, 2.24) is 29.5 Å². The van der Waals surface area contributed by atoms with Crippen molar-refractivity contribution in [2.75, 3.05) is 18.0 Å². The zero-order valence-corrected chi connectivity index (χ0v) is 13.8. The van der Waals surface area contributed by atoms with Crippen LogP contribution in [0.1, 0.15) is 24.4 Å². The number of hydrogen-bond acceptors (Lipinski definition) is 7. The van der Waals surface area contributed by atoms with Gasteiger partial charge in [-0.3, -0.25) is 9.38 Å². The van der Waals surface area contributed by atoms with Gasteiger partial charge in [0.2, 0.25) is 11.5 Å². The number of rotatable bonds is 3. The lowest BCUT2D eigenvalue weighted by Crippen LogP contribution is -2.39. The normalized spacial score (nSPS) is 15.8. The summed E-state index contributed by atoms with van der Waals surface area (Å²) in [5.41, 5.74) is 1.67. The summed E-state index contributed by atoms with van der Waals surface area (Å²) in [6.45, 7) is 5.58. The molecule has 0 amide bonds. The van der Waals surface area contributed by atoms with Crippen LogP contribution in [0.4, 0.5) is 5.82 Å². The fourth-order valence-electron chi connectivity index (χ4n) is 3.01. The van der Waals surface area contributed by atoms with Crippen LogP contribution in [0.2, 0.25) is 0 Å². The number of anilines is 1. The molecule has 3 aromatic rings. The van der Waals surface area contributed by atoms with Gasteiger partial charge >= 0.3 is 0 Å². The second-order valence-electron chi connectivity index (χ2n) is 5.99. The van der Waals surface area contributed by atoms with Gasteiger partial charge in [-0.2, -0.15) is 0 Å². The van der Waals surface area contributed by atoms with Gasteiger partial charge < -0.3 is 9.64 Å². The highest BCUT2D eigenvalue weighted by Crippen LogP contribution is 2.23. The highest BCUT2D eigenvalue weighted by Gasteiger charge is 2.24. The van der Waals surface area contributed by atoms with Gasteiger partial charge in [0.25, 0.3) is 0 Å². The first kappa shape index (κ1) is 14.8. The molecule has 1 fully saturated rings. The molecular weight excluding hydrogens is 306 g/mol. The molecule has 0 spiro atoms. The third kappa shape index (κ3) is 2.75. The maximum Gasteiger partial charge on any atom is 0.232 e. The van der Waals surface area contributed by atoms with Crippen LogP contribution >= 0.6 is 0 Å². The van der Waals surface area contributed by atoms with E-state index < -0.39 is 0 Å². The lowest BCUT2D eigenvalue weighted by atomic mass is 10.1. The van der Waals surface area contributed by atoms with Crippen LogP contribution in [-0.2, 0) is 0 Å². The zero-order chi connectivity index (χ0) is 16.5. The Morgan fingerprint density at radius 2 is 1.96 bits per heavy atom. The Hall–Kier alpha value is -2.77. The molecule has 3 aromatic heterocycles. The molecule has 8 nitrogen and oxygen atoms in total. The lowest BCUT2D eigenvalue weighted by molar-refractivity contribution is 0.163. The minimum Gasteiger partial charge on any atom is -0.473 e. The van der Waals surface area contributed by atoms with E-state index >= 15 is 0 Å². The second-order valence-corrected chi connectivity index (χ2v) is 5.99. The van der Waals surface area contributed by atoms with E-state index in [1.165, 1.54) is 0 Å². The van der Waals surface area contributed by atoms with Gasteiger partial charge in [0.05, 0.1) is 11.9 Å². The molecule has 124 valence electrons. The Kier molecular flexibility index (Phi) is 3.72. The third-order valence-electron chi connectivity index (χ3n) is 4.24. The Morgan fingerprint density at radius 1 is 1.12 bits per heavy atom. The number of hydrogen-bond donors (Lipinski definition) is 0. The van der Waals surface area contributed by atoms with E-state index in [1.807, 2.05) is 24.4 Å². The molecule has 0 bridgehead atoms. The SMILES string of the molecule is Cc1cncc(OC2CCN(c3nccn4c(C)nnc34)CC2)n1. The number of aryl methyl sites for hydroxylation is 2. The molecule has 4 heterocycles. The van der Waals surface area contributed by atoms with Crippen LogP contribution in [0.3, 0.4) is 0 Å². The first-order chi connectivity index (χ1) is 11.7. The molecule has 0 N–H and O–H groups in total. The van der Waals surface area contributed by atoms with E-state index in [0.29, 0.717) is 5.88 Å². The molecule has 0 aromatic carbocycles. The Bertz CT molecular complexity index is 855. The van der Waals surface area contributed by atoms with Crippen molar-refractivity contribution in [2.45, 2.75) is 32.8 Å². The predicted molar refractivity (Wildman–Crippen MR) is 88.2 cm³/mol. The number of ether oxygens (including phenoxy) is 1. The summed E-state index contributed by atoms with van der Waals surface area (Å²) < 4.78 is 7.92. The molecular formula is C16H19N7O. The molecule has 0 atom stereocenters. The van der Waals surface area contributed by atoms with Crippen molar-refractivity contribution in [3.63, 3.8) is 0 Å². The van der Waals surface area contributed by atoms with Crippen LogP contribution in [-0.4, -0.2) is 48.7 Å². The summed E-state index contributed by atoms with van der Waals surface area (Å²) in [5, 5.41) is 8.39. The van der Waals surface area contributed by atoms with Crippen LogP contribution in [0.5, 0.6) is 5.88 Å². The molecule has 4 rings (SSSR count). The van der Waals surface area contributed by atoms with Crippen LogP contribution in [0.25, 0.3) is 5.65 Å². The maximum absolute atomic E-state index is 5.96. The Balaban J connectivity index is 1.46. The van der Waals surface area contributed by atoms with Gasteiger partial charge in [-0.25, -0.2) is 9.97 Å². The van der Waals surface area contributed by atoms with Crippen molar-refractivity contribution in [1.29, 1.82) is 0 Å². The summed E-state index contributed by atoms with van der Waals surface area (Å²) in [7, 11) is 0. The monoisotopic (exact) mass is 325 g/mol. The third-order valence-corrected chi connectivity index (χ3v) is 4.24. The van der Waals surface area contributed by atoms with Crippen molar-refractivity contribution in [3.05, 3.63) is 36.3 Å². The van der Waals surface area contributed by atoms with E-state index in [1.54, 1.807) is 18.6 Å². The first-order valence-electron chi connectivity index (χ1n) is 8.07. The molecule has 0 radical (unpaired) electrons. The number of aromatic nitrogens is 6. The molecule has 8 heteroatoms. The number of piperidine rings is 1. The van der Waals surface area contributed by atoms with Gasteiger partial charge in [-0.1, -0.05) is 0 Å². The molecule has 1 aliphatic rings. The van der Waals surface area contributed by atoms with Crippen LogP contribution in [0, 0.1) is 13.8 Å². The lowest BCUT2D eigenvalue weighted by Gasteiger charge is -2.32. The van der Waals surface area contributed by atoms with E-state index in [4.69, 9.17) is 4.74 Å². The average Bonchev–Trinajstić information content (AvgIpc) is 2.97. The summed E-state index contributed by atoms with van der Waals surface area (Å²) in [6, 6.07) is 0. The molecule has 24 heavy (non-hydrogen) atoms. The van der Waals surface area contributed by atoms with Gasteiger partial charge in [-0.05, 0) is 13.8 Å². The minimum atomic E-state index is 0.150. The van der Waals surface area contributed by atoms with Gasteiger partial charge in [0.1, 0.15) is 11.9 Å². The van der Waals surface area contributed by atoms with E-state index in [0.717, 1.165) is 48.9 Å². The topological polar surface area (TPSA) is 81.3 Å². The van der Waals surface area contributed by atoms with Gasteiger partial charge in [0.15, 0.2) is 5.82 Å². The van der Waals surface area contributed by atoms with Crippen molar-refractivity contribution >= 4 is 11.5 Å². The van der Waals surface area contributed by atoms with Crippen molar-refractivity contribution in [3.8, 4) is 5.88 Å². The summed E-state index contributed by atoms with van der Waals surface area (Å²) >= 11 is 0. The summed E-state index contributed by atoms with van der Waals surface area (Å²) in [5.74, 6) is 2.35. The van der Waals surface area contributed by atoms with Gasteiger partial charge in [-0.15, -0.1) is 10.2 Å². The second kappa shape index (κ2) is 6.03. The van der Waals surface area contributed by atoms with Crippen LogP contribution < -0.4 is 9.64 Å². The number of fused-ring (bicyclic) bond motifs is 1.